The van der Waals surface area contributed by atoms with Gasteiger partial charge in [0.15, 0.2) is 0 Å². The summed E-state index contributed by atoms with van der Waals surface area (Å²) in [6.45, 7) is 1.13. The monoisotopic (exact) mass is 394 g/mol. The van der Waals surface area contributed by atoms with E-state index in [9.17, 15) is 24.9 Å². The van der Waals surface area contributed by atoms with E-state index in [4.69, 9.17) is 19.0 Å². The molecule has 0 amide bonds. The lowest BCUT2D eigenvalue weighted by Gasteiger charge is -2.39. The SMILES string of the molecule is Cc1c(CCC(=O)O[C@@H]2O[C@H](CO)[C@H](O)[C@H](O)[C@H]2O)c(=O)oc2ccccc12. The van der Waals surface area contributed by atoms with E-state index in [1.165, 1.54) is 0 Å². The summed E-state index contributed by atoms with van der Waals surface area (Å²) in [4.78, 5) is 24.3. The Bertz CT molecular complexity index is 904. The predicted molar refractivity (Wildman–Crippen MR) is 95.4 cm³/mol. The van der Waals surface area contributed by atoms with Gasteiger partial charge in [0, 0.05) is 17.4 Å². The van der Waals surface area contributed by atoms with Crippen molar-refractivity contribution < 1.29 is 39.1 Å². The zero-order valence-electron chi connectivity index (χ0n) is 15.1. The summed E-state index contributed by atoms with van der Waals surface area (Å²) in [6, 6.07) is 7.05. The number of ether oxygens (including phenoxy) is 2. The van der Waals surface area contributed by atoms with Crippen molar-refractivity contribution in [3.8, 4) is 0 Å². The van der Waals surface area contributed by atoms with Crippen LogP contribution in [-0.2, 0) is 20.7 Å². The van der Waals surface area contributed by atoms with Crippen LogP contribution in [0.15, 0.2) is 33.5 Å². The molecule has 1 aromatic heterocycles. The second-order valence-electron chi connectivity index (χ2n) is 6.68. The first-order valence-corrected chi connectivity index (χ1v) is 8.84. The quantitative estimate of drug-likeness (QED) is 0.385. The van der Waals surface area contributed by atoms with Crippen LogP contribution in [0.5, 0.6) is 0 Å². The fourth-order valence-corrected chi connectivity index (χ4v) is 3.21. The lowest BCUT2D eigenvalue weighted by molar-refractivity contribution is -0.292. The maximum absolute atomic E-state index is 12.2. The third-order valence-electron chi connectivity index (χ3n) is 4.87. The zero-order valence-corrected chi connectivity index (χ0v) is 15.1. The van der Waals surface area contributed by atoms with Crippen molar-refractivity contribution in [3.05, 3.63) is 45.8 Å². The molecule has 2 aromatic rings. The maximum atomic E-state index is 12.2. The lowest BCUT2D eigenvalue weighted by atomic mass is 9.99. The van der Waals surface area contributed by atoms with Crippen molar-refractivity contribution in [2.75, 3.05) is 6.61 Å². The van der Waals surface area contributed by atoms with E-state index in [2.05, 4.69) is 0 Å². The third kappa shape index (κ3) is 3.94. The summed E-state index contributed by atoms with van der Waals surface area (Å²) in [7, 11) is 0. The highest BCUT2D eigenvalue weighted by Crippen LogP contribution is 2.23. The van der Waals surface area contributed by atoms with Crippen molar-refractivity contribution in [2.24, 2.45) is 0 Å². The van der Waals surface area contributed by atoms with Crippen molar-refractivity contribution in [3.63, 3.8) is 0 Å². The first-order chi connectivity index (χ1) is 13.3. The highest BCUT2D eigenvalue weighted by atomic mass is 16.7. The molecule has 0 saturated carbocycles. The van der Waals surface area contributed by atoms with E-state index in [0.29, 0.717) is 16.7 Å². The van der Waals surface area contributed by atoms with Gasteiger partial charge in [0.25, 0.3) is 0 Å². The molecule has 5 atom stereocenters. The topological polar surface area (TPSA) is 147 Å². The van der Waals surface area contributed by atoms with Crippen LogP contribution < -0.4 is 5.63 Å². The molecule has 0 radical (unpaired) electrons. The van der Waals surface area contributed by atoms with Gasteiger partial charge in [-0.1, -0.05) is 18.2 Å². The molecule has 2 heterocycles. The first kappa shape index (κ1) is 20.4. The third-order valence-corrected chi connectivity index (χ3v) is 4.87. The molecule has 0 spiro atoms. The molecule has 4 N–H and O–H groups in total. The largest absolute Gasteiger partial charge is 0.433 e. The molecule has 1 aliphatic heterocycles. The van der Waals surface area contributed by atoms with Crippen LogP contribution in [0.4, 0.5) is 0 Å². The fraction of sp³-hybridized carbons (Fsp3) is 0.474. The van der Waals surface area contributed by atoms with Crippen LogP contribution in [0.2, 0.25) is 0 Å². The molecule has 1 aromatic carbocycles. The predicted octanol–water partition coefficient (Wildman–Crippen LogP) is -0.623. The summed E-state index contributed by atoms with van der Waals surface area (Å²) in [5.41, 5.74) is 0.950. The van der Waals surface area contributed by atoms with Gasteiger partial charge >= 0.3 is 11.6 Å². The Morgan fingerprint density at radius 2 is 1.86 bits per heavy atom. The van der Waals surface area contributed by atoms with Crippen LogP contribution in [0.25, 0.3) is 11.0 Å². The molecule has 3 rings (SSSR count). The van der Waals surface area contributed by atoms with E-state index in [1.807, 2.05) is 12.1 Å². The molecule has 9 heteroatoms. The number of carbonyl (C=O) groups excluding carboxylic acids is 1. The summed E-state index contributed by atoms with van der Waals surface area (Å²) in [5, 5.41) is 39.3. The summed E-state index contributed by atoms with van der Waals surface area (Å²) in [6.07, 6.45) is -7.72. The number of aliphatic hydroxyl groups is 4. The standard InChI is InChI=1S/C19H22O9/c1-9-10-4-2-3-5-12(10)26-18(25)11(9)6-7-14(21)28-19-17(24)16(23)15(22)13(8-20)27-19/h2-5,13,15-17,19-20,22-24H,6-8H2,1H3/t13-,15+,16+,17-,19+/m1/s1. The number of para-hydroxylation sites is 1. The van der Waals surface area contributed by atoms with E-state index in [1.54, 1.807) is 19.1 Å². The summed E-state index contributed by atoms with van der Waals surface area (Å²) < 4.78 is 15.4. The molecular formula is C19H22O9. The van der Waals surface area contributed by atoms with Crippen LogP contribution in [-0.4, -0.2) is 63.7 Å². The number of hydrogen-bond acceptors (Lipinski definition) is 9. The van der Waals surface area contributed by atoms with Gasteiger partial charge in [-0.15, -0.1) is 0 Å². The molecule has 1 fully saturated rings. The maximum Gasteiger partial charge on any atom is 0.339 e. The number of aryl methyl sites for hydroxylation is 1. The number of hydrogen-bond donors (Lipinski definition) is 4. The van der Waals surface area contributed by atoms with E-state index in [0.717, 1.165) is 5.39 Å². The minimum absolute atomic E-state index is 0.0508. The lowest BCUT2D eigenvalue weighted by Crippen LogP contribution is -2.59. The van der Waals surface area contributed by atoms with Crippen molar-refractivity contribution in [2.45, 2.75) is 50.5 Å². The Balaban J connectivity index is 1.68. The molecule has 9 nitrogen and oxygen atoms in total. The highest BCUT2D eigenvalue weighted by Gasteiger charge is 2.45. The number of aliphatic hydroxyl groups excluding tert-OH is 4. The minimum atomic E-state index is -1.67. The second kappa shape index (κ2) is 8.38. The molecule has 28 heavy (non-hydrogen) atoms. The molecule has 0 unspecified atom stereocenters. The number of rotatable bonds is 5. The van der Waals surface area contributed by atoms with Crippen molar-refractivity contribution in [1.82, 2.24) is 0 Å². The first-order valence-electron chi connectivity index (χ1n) is 8.84. The number of benzene rings is 1. The van der Waals surface area contributed by atoms with E-state index in [-0.39, 0.29) is 12.8 Å². The molecule has 1 saturated heterocycles. The van der Waals surface area contributed by atoms with Gasteiger partial charge in [0.1, 0.15) is 30.0 Å². The second-order valence-corrected chi connectivity index (χ2v) is 6.68. The Hall–Kier alpha value is -2.30. The smallest absolute Gasteiger partial charge is 0.339 e. The van der Waals surface area contributed by atoms with E-state index >= 15 is 0 Å². The van der Waals surface area contributed by atoms with Crippen LogP contribution in [0, 0.1) is 6.92 Å². The normalized spacial score (nSPS) is 27.7. The van der Waals surface area contributed by atoms with Gasteiger partial charge in [-0.25, -0.2) is 4.79 Å². The van der Waals surface area contributed by atoms with Crippen LogP contribution in [0.1, 0.15) is 17.5 Å². The van der Waals surface area contributed by atoms with Gasteiger partial charge < -0.3 is 34.3 Å². The number of carbonyl (C=O) groups is 1. The molecule has 0 aliphatic carbocycles. The summed E-state index contributed by atoms with van der Waals surface area (Å²) >= 11 is 0. The average molecular weight is 394 g/mol. The Morgan fingerprint density at radius 3 is 2.57 bits per heavy atom. The highest BCUT2D eigenvalue weighted by molar-refractivity contribution is 5.81. The fourth-order valence-electron chi connectivity index (χ4n) is 3.21. The Labute approximate surface area is 159 Å². The number of esters is 1. The Morgan fingerprint density at radius 1 is 1.14 bits per heavy atom. The van der Waals surface area contributed by atoms with Gasteiger partial charge in [-0.05, 0) is 25.0 Å². The van der Waals surface area contributed by atoms with Crippen molar-refractivity contribution >= 4 is 16.9 Å². The minimum Gasteiger partial charge on any atom is -0.433 e. The average Bonchev–Trinajstić information content (AvgIpc) is 2.68. The molecule has 0 bridgehead atoms. The van der Waals surface area contributed by atoms with Gasteiger partial charge in [-0.2, -0.15) is 0 Å². The Kier molecular flexibility index (Phi) is 6.11. The van der Waals surface area contributed by atoms with E-state index < -0.39 is 48.9 Å². The molecular weight excluding hydrogens is 372 g/mol. The molecule has 152 valence electrons. The summed E-state index contributed by atoms with van der Waals surface area (Å²) in [5.74, 6) is -0.781. The van der Waals surface area contributed by atoms with Gasteiger partial charge in [0.05, 0.1) is 6.61 Å². The van der Waals surface area contributed by atoms with Crippen LogP contribution >= 0.6 is 0 Å². The zero-order chi connectivity index (χ0) is 20.4. The molecule has 1 aliphatic rings. The van der Waals surface area contributed by atoms with Crippen LogP contribution in [0.3, 0.4) is 0 Å². The van der Waals surface area contributed by atoms with Gasteiger partial charge in [-0.3, -0.25) is 4.79 Å². The van der Waals surface area contributed by atoms with Gasteiger partial charge in [0.2, 0.25) is 6.29 Å². The van der Waals surface area contributed by atoms with Crippen molar-refractivity contribution in [1.29, 1.82) is 0 Å². The number of fused-ring (bicyclic) bond motifs is 1.